The first-order chi connectivity index (χ1) is 17.0. The fraction of sp³-hybridized carbons (Fsp3) is 0.292. The fourth-order valence-corrected chi connectivity index (χ4v) is 4.42. The summed E-state index contributed by atoms with van der Waals surface area (Å²) in [5.74, 6) is 1.73. The number of hydrogen-bond acceptors (Lipinski definition) is 8. The monoisotopic (exact) mass is 492 g/mol. The molecule has 1 aliphatic rings. The summed E-state index contributed by atoms with van der Waals surface area (Å²) in [5, 5.41) is 8.77. The van der Waals surface area contributed by atoms with Crippen molar-refractivity contribution in [2.24, 2.45) is 0 Å². The zero-order valence-electron chi connectivity index (χ0n) is 19.2. The van der Waals surface area contributed by atoms with E-state index >= 15 is 0 Å². The molecular formula is C24H25ClN8O2. The van der Waals surface area contributed by atoms with Crippen molar-refractivity contribution in [3.05, 3.63) is 65.2 Å². The van der Waals surface area contributed by atoms with Gasteiger partial charge in [-0.25, -0.2) is 15.0 Å². The number of carbonyl (C=O) groups excluding carboxylic acids is 1. The van der Waals surface area contributed by atoms with Crippen molar-refractivity contribution >= 4 is 34.2 Å². The summed E-state index contributed by atoms with van der Waals surface area (Å²) in [6.07, 6.45) is 1.45. The van der Waals surface area contributed by atoms with Crippen LogP contribution in [-0.2, 0) is 22.6 Å². The molecule has 0 radical (unpaired) electrons. The van der Waals surface area contributed by atoms with Gasteiger partial charge in [-0.15, -0.1) is 0 Å². The van der Waals surface area contributed by atoms with Gasteiger partial charge in [0.05, 0.1) is 18.7 Å². The number of halogens is 1. The highest BCUT2D eigenvalue weighted by Crippen LogP contribution is 2.22. The lowest BCUT2D eigenvalue weighted by atomic mass is 10.1. The predicted molar refractivity (Wildman–Crippen MR) is 132 cm³/mol. The Morgan fingerprint density at radius 2 is 1.97 bits per heavy atom. The van der Waals surface area contributed by atoms with Crippen LogP contribution in [0.3, 0.4) is 0 Å². The highest BCUT2D eigenvalue weighted by Gasteiger charge is 2.35. The summed E-state index contributed by atoms with van der Waals surface area (Å²) in [4.78, 5) is 30.3. The molecule has 0 saturated carbocycles. The van der Waals surface area contributed by atoms with Crippen molar-refractivity contribution in [2.45, 2.75) is 19.1 Å². The molecule has 1 aliphatic heterocycles. The predicted octanol–water partition coefficient (Wildman–Crippen LogP) is 2.51. The number of hydrogen-bond donors (Lipinski definition) is 2. The molecule has 0 aliphatic carbocycles. The Morgan fingerprint density at radius 3 is 2.77 bits per heavy atom. The van der Waals surface area contributed by atoms with Gasteiger partial charge in [0.15, 0.2) is 5.82 Å². The van der Waals surface area contributed by atoms with Gasteiger partial charge in [0.1, 0.15) is 24.0 Å². The average Bonchev–Trinajstić information content (AvgIpc) is 3.32. The van der Waals surface area contributed by atoms with Crippen LogP contribution in [0.1, 0.15) is 11.4 Å². The summed E-state index contributed by atoms with van der Waals surface area (Å²) in [6, 6.07) is 12.7. The van der Waals surface area contributed by atoms with Gasteiger partial charge in [0.25, 0.3) is 0 Å². The fourth-order valence-electron chi connectivity index (χ4n) is 4.29. The molecule has 0 spiro atoms. The molecule has 1 saturated heterocycles. The van der Waals surface area contributed by atoms with Gasteiger partial charge in [-0.05, 0) is 42.0 Å². The number of nitrogen functional groups attached to an aromatic ring is 1. The van der Waals surface area contributed by atoms with Crippen molar-refractivity contribution in [2.75, 3.05) is 32.5 Å². The van der Waals surface area contributed by atoms with Crippen molar-refractivity contribution < 1.29 is 9.53 Å². The number of fused-ring (bicyclic) bond motifs is 1. The van der Waals surface area contributed by atoms with Crippen LogP contribution in [0.4, 0.5) is 5.82 Å². The zero-order valence-corrected chi connectivity index (χ0v) is 19.9. The minimum absolute atomic E-state index is 0.0119. The highest BCUT2D eigenvalue weighted by molar-refractivity contribution is 6.30. The van der Waals surface area contributed by atoms with Gasteiger partial charge in [-0.2, -0.15) is 5.10 Å². The molecule has 2 aromatic heterocycles. The molecule has 1 amide bonds. The van der Waals surface area contributed by atoms with Crippen LogP contribution in [0.15, 0.2) is 48.8 Å². The van der Waals surface area contributed by atoms with E-state index in [1.807, 2.05) is 35.2 Å². The third-order valence-corrected chi connectivity index (χ3v) is 6.36. The lowest BCUT2D eigenvalue weighted by molar-refractivity contribution is -0.145. The summed E-state index contributed by atoms with van der Waals surface area (Å²) in [7, 11) is 1.60. The molecule has 4 aromatic rings. The van der Waals surface area contributed by atoms with E-state index in [1.54, 1.807) is 19.2 Å². The topological polar surface area (TPSA) is 126 Å². The number of nitrogens with one attached hydrogen (secondary N) is 1. The minimum atomic E-state index is -0.420. The number of aromatic nitrogens is 5. The van der Waals surface area contributed by atoms with Crippen LogP contribution >= 0.6 is 11.6 Å². The number of benzene rings is 2. The number of methoxy groups -OCH3 is 1. The molecule has 180 valence electrons. The van der Waals surface area contributed by atoms with Crippen LogP contribution < -0.4 is 5.73 Å². The van der Waals surface area contributed by atoms with Crippen LogP contribution in [0.25, 0.3) is 22.3 Å². The second-order valence-corrected chi connectivity index (χ2v) is 8.86. The number of rotatable bonds is 7. The molecule has 1 atom stereocenters. The second-order valence-electron chi connectivity index (χ2n) is 8.42. The van der Waals surface area contributed by atoms with Gasteiger partial charge < -0.3 is 15.4 Å². The summed E-state index contributed by atoms with van der Waals surface area (Å²) >= 11 is 5.97. The van der Waals surface area contributed by atoms with Gasteiger partial charge >= 0.3 is 0 Å². The van der Waals surface area contributed by atoms with E-state index in [4.69, 9.17) is 22.1 Å². The van der Waals surface area contributed by atoms with E-state index in [0.717, 1.165) is 22.0 Å². The first-order valence-electron chi connectivity index (χ1n) is 11.2. The lowest BCUT2D eigenvalue weighted by Gasteiger charge is -2.40. The van der Waals surface area contributed by atoms with Crippen LogP contribution in [0.5, 0.6) is 0 Å². The Labute approximate surface area is 207 Å². The highest BCUT2D eigenvalue weighted by atomic mass is 35.5. The zero-order chi connectivity index (χ0) is 24.4. The molecule has 10 nitrogen and oxygen atoms in total. The van der Waals surface area contributed by atoms with Gasteiger partial charge in [0.2, 0.25) is 5.91 Å². The number of anilines is 1. The van der Waals surface area contributed by atoms with Crippen molar-refractivity contribution in [1.82, 2.24) is 34.9 Å². The third-order valence-electron chi connectivity index (χ3n) is 6.11. The Hall–Kier alpha value is -3.60. The van der Waals surface area contributed by atoms with E-state index in [0.29, 0.717) is 48.7 Å². The maximum absolute atomic E-state index is 13.4. The molecule has 35 heavy (non-hydrogen) atoms. The van der Waals surface area contributed by atoms with Crippen LogP contribution in [0, 0.1) is 0 Å². The number of piperazine rings is 1. The first-order valence-corrected chi connectivity index (χ1v) is 11.6. The standard InChI is InChI=1S/C24H25ClN8O2/c1-35-13-20-24(34)33(11-15-2-7-18-19(10-15)27-14-28-22(18)26)9-8-32(20)12-21-29-23(31-30-21)16-3-5-17(25)6-4-16/h2-7,10,14,20H,8-9,11-13H2,1H3,(H2,26,27,28)(H,29,30,31)/t20-/m0/s1. The molecule has 0 bridgehead atoms. The van der Waals surface area contributed by atoms with Gasteiger partial charge in [0, 0.05) is 42.7 Å². The molecule has 3 heterocycles. The molecule has 3 N–H and O–H groups in total. The number of H-pyrrole nitrogens is 1. The first kappa shape index (κ1) is 23.2. The smallest absolute Gasteiger partial charge is 0.242 e. The number of ether oxygens (including phenoxy) is 1. The maximum atomic E-state index is 13.4. The second kappa shape index (κ2) is 9.95. The van der Waals surface area contributed by atoms with E-state index in [2.05, 4.69) is 30.0 Å². The average molecular weight is 493 g/mol. The quantitative estimate of drug-likeness (QED) is 0.403. The number of aromatic amines is 1. The Bertz CT molecular complexity index is 1340. The van der Waals surface area contributed by atoms with Crippen molar-refractivity contribution in [3.63, 3.8) is 0 Å². The normalized spacial score (nSPS) is 16.8. The molecule has 0 unspecified atom stereocenters. The summed E-state index contributed by atoms with van der Waals surface area (Å²) < 4.78 is 5.40. The Morgan fingerprint density at radius 1 is 1.14 bits per heavy atom. The van der Waals surface area contributed by atoms with Crippen LogP contribution in [-0.4, -0.2) is 73.7 Å². The molecule has 2 aromatic carbocycles. The maximum Gasteiger partial charge on any atom is 0.242 e. The summed E-state index contributed by atoms with van der Waals surface area (Å²) in [5.41, 5.74) is 8.54. The van der Waals surface area contributed by atoms with Crippen LogP contribution in [0.2, 0.25) is 5.02 Å². The van der Waals surface area contributed by atoms with E-state index in [9.17, 15) is 4.79 Å². The third kappa shape index (κ3) is 4.95. The number of nitrogens with two attached hydrogens (primary N) is 1. The Kier molecular flexibility index (Phi) is 6.58. The molecule has 5 rings (SSSR count). The SMILES string of the molecule is COC[C@H]1C(=O)N(Cc2ccc3c(N)ncnc3c2)CCN1Cc1nc(-c2ccc(Cl)cc2)n[nH]1. The molecule has 1 fully saturated rings. The van der Waals surface area contributed by atoms with E-state index in [1.165, 1.54) is 6.33 Å². The van der Waals surface area contributed by atoms with E-state index in [-0.39, 0.29) is 12.5 Å². The van der Waals surface area contributed by atoms with Gasteiger partial charge in [-0.3, -0.25) is 14.8 Å². The number of amides is 1. The Balaban J connectivity index is 1.29. The minimum Gasteiger partial charge on any atom is -0.383 e. The van der Waals surface area contributed by atoms with Gasteiger partial charge in [-0.1, -0.05) is 17.7 Å². The lowest BCUT2D eigenvalue weighted by Crippen LogP contribution is -2.57. The number of carbonyl (C=O) groups is 1. The molecule has 11 heteroatoms. The number of nitrogens with zero attached hydrogens (tertiary/aromatic N) is 6. The van der Waals surface area contributed by atoms with Crippen molar-refractivity contribution in [1.29, 1.82) is 0 Å². The van der Waals surface area contributed by atoms with E-state index < -0.39 is 6.04 Å². The summed E-state index contributed by atoms with van der Waals surface area (Å²) in [6.45, 7) is 2.49. The largest absolute Gasteiger partial charge is 0.383 e. The molecular weight excluding hydrogens is 468 g/mol. The van der Waals surface area contributed by atoms with Crippen molar-refractivity contribution in [3.8, 4) is 11.4 Å².